The highest BCUT2D eigenvalue weighted by molar-refractivity contribution is 5.85. The molecule has 1 aromatic carbocycles. The minimum Gasteiger partial charge on any atom is -0.321 e. The Morgan fingerprint density at radius 1 is 1.06 bits per heavy atom. The molecular formula is C23H31N7O. The van der Waals surface area contributed by atoms with Crippen molar-refractivity contribution < 1.29 is 0 Å². The van der Waals surface area contributed by atoms with E-state index in [1.54, 1.807) is 0 Å². The van der Waals surface area contributed by atoms with Crippen LogP contribution in [0, 0.1) is 13.8 Å². The van der Waals surface area contributed by atoms with E-state index < -0.39 is 0 Å². The third-order valence-electron chi connectivity index (χ3n) is 7.10. The number of likely N-dealkylation sites (N-methyl/N-ethyl adjacent to an activating group) is 1. The summed E-state index contributed by atoms with van der Waals surface area (Å²) in [6.45, 7) is 7.81. The molecule has 1 aliphatic carbocycles. The van der Waals surface area contributed by atoms with Gasteiger partial charge in [0.1, 0.15) is 6.04 Å². The summed E-state index contributed by atoms with van der Waals surface area (Å²) in [6.07, 6.45) is 4.61. The van der Waals surface area contributed by atoms with Crippen LogP contribution in [0.25, 0.3) is 10.9 Å². The molecule has 2 fully saturated rings. The summed E-state index contributed by atoms with van der Waals surface area (Å²) in [7, 11) is 2.14. The van der Waals surface area contributed by atoms with Gasteiger partial charge in [0.15, 0.2) is 5.82 Å². The summed E-state index contributed by atoms with van der Waals surface area (Å²) in [5.74, 6) is 0.798. The Kier molecular flexibility index (Phi) is 5.35. The Morgan fingerprint density at radius 3 is 2.52 bits per heavy atom. The number of pyridine rings is 1. The van der Waals surface area contributed by atoms with Crippen molar-refractivity contribution in [3.63, 3.8) is 0 Å². The van der Waals surface area contributed by atoms with E-state index in [4.69, 9.17) is 0 Å². The first-order chi connectivity index (χ1) is 15.0. The van der Waals surface area contributed by atoms with Gasteiger partial charge in [-0.15, -0.1) is 5.10 Å². The van der Waals surface area contributed by atoms with E-state index in [-0.39, 0.29) is 11.6 Å². The SMILES string of the molecule is Cc1ccc(C)c2[nH]c(=O)c([C@H](c3nnnn3C3CCCC3)N3CCN(C)CC3)cc12. The van der Waals surface area contributed by atoms with Crippen LogP contribution in [0.1, 0.15) is 60.3 Å². The van der Waals surface area contributed by atoms with Gasteiger partial charge < -0.3 is 9.88 Å². The molecule has 2 aromatic heterocycles. The molecule has 2 aliphatic rings. The van der Waals surface area contributed by atoms with Crippen LogP contribution < -0.4 is 5.56 Å². The first-order valence-electron chi connectivity index (χ1n) is 11.4. The first kappa shape index (κ1) is 20.3. The van der Waals surface area contributed by atoms with Crippen molar-refractivity contribution in [2.24, 2.45) is 0 Å². The summed E-state index contributed by atoms with van der Waals surface area (Å²) in [4.78, 5) is 21.3. The summed E-state index contributed by atoms with van der Waals surface area (Å²) < 4.78 is 2.00. The molecule has 1 saturated heterocycles. The fourth-order valence-corrected chi connectivity index (χ4v) is 5.16. The van der Waals surface area contributed by atoms with E-state index in [0.717, 1.165) is 72.4 Å². The molecule has 1 N–H and O–H groups in total. The highest BCUT2D eigenvalue weighted by Gasteiger charge is 2.34. The number of H-pyrrole nitrogens is 1. The maximum Gasteiger partial charge on any atom is 0.253 e. The number of fused-ring (bicyclic) bond motifs is 1. The number of benzene rings is 1. The quantitative estimate of drug-likeness (QED) is 0.697. The lowest BCUT2D eigenvalue weighted by atomic mass is 9.99. The average molecular weight is 422 g/mol. The lowest BCUT2D eigenvalue weighted by Crippen LogP contribution is -2.47. The van der Waals surface area contributed by atoms with E-state index >= 15 is 0 Å². The lowest BCUT2D eigenvalue weighted by molar-refractivity contribution is 0.120. The highest BCUT2D eigenvalue weighted by Crippen LogP contribution is 2.34. The predicted octanol–water partition coefficient (Wildman–Crippen LogP) is 2.58. The van der Waals surface area contributed by atoms with Gasteiger partial charge in [-0.3, -0.25) is 9.69 Å². The summed E-state index contributed by atoms with van der Waals surface area (Å²) in [5, 5.41) is 14.0. The number of nitrogens with zero attached hydrogens (tertiary/aromatic N) is 6. The number of hydrogen-bond acceptors (Lipinski definition) is 6. The number of aryl methyl sites for hydroxylation is 2. The fourth-order valence-electron chi connectivity index (χ4n) is 5.16. The molecule has 1 aliphatic heterocycles. The molecule has 5 rings (SSSR count). The molecule has 8 nitrogen and oxygen atoms in total. The number of hydrogen-bond donors (Lipinski definition) is 1. The zero-order chi connectivity index (χ0) is 21.5. The number of aromatic amines is 1. The van der Waals surface area contributed by atoms with Crippen LogP contribution in [0.15, 0.2) is 23.0 Å². The molecule has 31 heavy (non-hydrogen) atoms. The molecule has 0 radical (unpaired) electrons. The minimum atomic E-state index is -0.252. The van der Waals surface area contributed by atoms with Crippen molar-refractivity contribution in [3.8, 4) is 0 Å². The number of tetrazole rings is 1. The van der Waals surface area contributed by atoms with Gasteiger partial charge >= 0.3 is 0 Å². The van der Waals surface area contributed by atoms with Crippen LogP contribution in [0.3, 0.4) is 0 Å². The molecule has 164 valence electrons. The Labute approximate surface area is 182 Å². The molecule has 0 unspecified atom stereocenters. The normalized spacial score (nSPS) is 20.0. The van der Waals surface area contributed by atoms with Gasteiger partial charge in [0.2, 0.25) is 0 Å². The summed E-state index contributed by atoms with van der Waals surface area (Å²) >= 11 is 0. The second-order valence-electron chi connectivity index (χ2n) is 9.20. The molecule has 0 bridgehead atoms. The van der Waals surface area contributed by atoms with Gasteiger partial charge in [-0.2, -0.15) is 0 Å². The van der Waals surface area contributed by atoms with Gasteiger partial charge in [0.05, 0.1) is 11.6 Å². The Morgan fingerprint density at radius 2 is 1.77 bits per heavy atom. The Hall–Kier alpha value is -2.58. The van der Waals surface area contributed by atoms with Gasteiger partial charge in [-0.25, -0.2) is 4.68 Å². The van der Waals surface area contributed by atoms with Crippen LogP contribution >= 0.6 is 0 Å². The maximum absolute atomic E-state index is 13.4. The van der Waals surface area contributed by atoms with Crippen LogP contribution in [0.5, 0.6) is 0 Å². The van der Waals surface area contributed by atoms with Gasteiger partial charge in [-0.05, 0) is 61.4 Å². The molecule has 1 saturated carbocycles. The van der Waals surface area contributed by atoms with Crippen molar-refractivity contribution >= 4 is 10.9 Å². The Balaban J connectivity index is 1.67. The second kappa shape index (κ2) is 8.16. The number of nitrogens with one attached hydrogen (secondary N) is 1. The first-order valence-corrected chi connectivity index (χ1v) is 11.4. The third-order valence-corrected chi connectivity index (χ3v) is 7.10. The Bertz CT molecular complexity index is 1140. The van der Waals surface area contributed by atoms with Gasteiger partial charge in [0.25, 0.3) is 5.56 Å². The molecule has 1 atom stereocenters. The van der Waals surface area contributed by atoms with Crippen molar-refractivity contribution in [2.75, 3.05) is 33.2 Å². The van der Waals surface area contributed by atoms with Crippen LogP contribution in [0.4, 0.5) is 0 Å². The van der Waals surface area contributed by atoms with Crippen molar-refractivity contribution in [1.29, 1.82) is 0 Å². The summed E-state index contributed by atoms with van der Waals surface area (Å²) in [5.41, 5.74) is 3.84. The standard InChI is InChI=1S/C23H31N7O/c1-15-8-9-16(2)20-18(15)14-19(23(31)24-20)21(29-12-10-28(3)11-13-29)22-25-26-27-30(22)17-6-4-5-7-17/h8-9,14,17,21H,4-7,10-13H2,1-3H3,(H,24,31)/t21-/m1/s1. The van der Waals surface area contributed by atoms with Crippen molar-refractivity contribution in [3.05, 3.63) is 51.1 Å². The largest absolute Gasteiger partial charge is 0.321 e. The molecule has 0 spiro atoms. The highest BCUT2D eigenvalue weighted by atomic mass is 16.1. The summed E-state index contributed by atoms with van der Waals surface area (Å²) in [6, 6.07) is 6.33. The van der Waals surface area contributed by atoms with E-state index in [2.05, 4.69) is 62.5 Å². The molecule has 0 amide bonds. The fraction of sp³-hybridized carbons (Fsp3) is 0.565. The van der Waals surface area contributed by atoms with Crippen LogP contribution in [-0.2, 0) is 0 Å². The molecule has 3 heterocycles. The van der Waals surface area contributed by atoms with E-state index in [0.29, 0.717) is 6.04 Å². The monoisotopic (exact) mass is 421 g/mol. The van der Waals surface area contributed by atoms with E-state index in [1.165, 1.54) is 12.8 Å². The topological polar surface area (TPSA) is 82.9 Å². The second-order valence-corrected chi connectivity index (χ2v) is 9.20. The molecule has 3 aromatic rings. The molecular weight excluding hydrogens is 390 g/mol. The van der Waals surface area contributed by atoms with Crippen molar-refractivity contribution in [1.82, 2.24) is 35.0 Å². The zero-order valence-corrected chi connectivity index (χ0v) is 18.6. The molecule has 8 heteroatoms. The lowest BCUT2D eigenvalue weighted by Gasteiger charge is -2.37. The van der Waals surface area contributed by atoms with Gasteiger partial charge in [0, 0.05) is 37.1 Å². The maximum atomic E-state index is 13.4. The predicted molar refractivity (Wildman–Crippen MR) is 120 cm³/mol. The minimum absolute atomic E-state index is 0.0499. The van der Waals surface area contributed by atoms with E-state index in [9.17, 15) is 4.79 Å². The number of rotatable bonds is 4. The van der Waals surface area contributed by atoms with Crippen LogP contribution in [-0.4, -0.2) is 68.2 Å². The third kappa shape index (κ3) is 3.68. The van der Waals surface area contributed by atoms with Gasteiger partial charge in [-0.1, -0.05) is 25.0 Å². The number of aromatic nitrogens is 5. The van der Waals surface area contributed by atoms with Crippen molar-refractivity contribution in [2.45, 2.75) is 51.6 Å². The van der Waals surface area contributed by atoms with Crippen LogP contribution in [0.2, 0.25) is 0 Å². The number of piperazine rings is 1. The zero-order valence-electron chi connectivity index (χ0n) is 18.6. The smallest absolute Gasteiger partial charge is 0.253 e. The van der Waals surface area contributed by atoms with E-state index in [1.807, 2.05) is 11.6 Å². The average Bonchev–Trinajstić information content (AvgIpc) is 3.45.